The zero-order valence-electron chi connectivity index (χ0n) is 8.33. The lowest BCUT2D eigenvalue weighted by Gasteiger charge is -2.04. The van der Waals surface area contributed by atoms with E-state index in [2.05, 4.69) is 4.74 Å². The molecule has 0 bridgehead atoms. The Morgan fingerprint density at radius 1 is 1.60 bits per heavy atom. The van der Waals surface area contributed by atoms with E-state index in [1.165, 1.54) is 18.9 Å². The molecule has 0 spiro atoms. The van der Waals surface area contributed by atoms with Crippen LogP contribution in [0.5, 0.6) is 0 Å². The number of carbonyl (C=O) groups is 1. The number of hydrogen-bond donors (Lipinski definition) is 1. The summed E-state index contributed by atoms with van der Waals surface area (Å²) in [6, 6.07) is 5.56. The average molecular weight is 246 g/mol. The molecule has 0 aliphatic rings. The summed E-state index contributed by atoms with van der Waals surface area (Å²) in [4.78, 5) is 11.8. The fraction of sp³-hybridized carbons (Fsp3) is 0.300. The molecule has 15 heavy (non-hydrogen) atoms. The Labute approximate surface area is 97.9 Å². The monoisotopic (exact) mass is 245 g/mol. The maximum Gasteiger partial charge on any atom is 0.315 e. The molecule has 2 N–H and O–H groups in total. The molecule has 0 unspecified atom stereocenters. The van der Waals surface area contributed by atoms with Crippen molar-refractivity contribution >= 4 is 29.3 Å². The highest BCUT2D eigenvalue weighted by Crippen LogP contribution is 2.27. The van der Waals surface area contributed by atoms with Crippen LogP contribution in [0.2, 0.25) is 5.02 Å². The fourth-order valence-electron chi connectivity index (χ4n) is 0.984. The summed E-state index contributed by atoms with van der Waals surface area (Å²) in [5, 5.41) is 0.617. The van der Waals surface area contributed by atoms with E-state index in [9.17, 15) is 4.79 Å². The van der Waals surface area contributed by atoms with Crippen molar-refractivity contribution in [1.82, 2.24) is 0 Å². The summed E-state index contributed by atoms with van der Waals surface area (Å²) in [5.41, 5.74) is 6.45. The molecule has 0 aliphatic carbocycles. The molecule has 82 valence electrons. The molecule has 1 aromatic carbocycles. The van der Waals surface area contributed by atoms with E-state index < -0.39 is 0 Å². The smallest absolute Gasteiger partial charge is 0.315 e. The van der Waals surface area contributed by atoms with Crippen molar-refractivity contribution in [3.05, 3.63) is 28.8 Å². The van der Waals surface area contributed by atoms with Crippen molar-refractivity contribution in [2.75, 3.05) is 12.9 Å². The predicted molar refractivity (Wildman–Crippen MR) is 62.1 cm³/mol. The summed E-state index contributed by atoms with van der Waals surface area (Å²) in [5.74, 6) is -0.00275. The number of rotatable bonds is 4. The maximum atomic E-state index is 10.9. The van der Waals surface area contributed by atoms with Gasteiger partial charge in [-0.2, -0.15) is 0 Å². The summed E-state index contributed by atoms with van der Waals surface area (Å²) in [6.07, 6.45) is 0. The van der Waals surface area contributed by atoms with Crippen molar-refractivity contribution in [2.24, 2.45) is 5.73 Å². The van der Waals surface area contributed by atoms with Crippen molar-refractivity contribution in [2.45, 2.75) is 11.4 Å². The molecule has 0 aliphatic heterocycles. The number of thioether (sulfide) groups is 1. The van der Waals surface area contributed by atoms with E-state index in [1.807, 2.05) is 12.1 Å². The Morgan fingerprint density at radius 2 is 2.33 bits per heavy atom. The van der Waals surface area contributed by atoms with Crippen LogP contribution in [0, 0.1) is 0 Å². The lowest BCUT2D eigenvalue weighted by molar-refractivity contribution is -0.137. The van der Waals surface area contributed by atoms with Gasteiger partial charge in [0, 0.05) is 11.4 Å². The molecule has 0 aromatic heterocycles. The van der Waals surface area contributed by atoms with Crippen LogP contribution >= 0.6 is 23.4 Å². The first kappa shape index (κ1) is 12.4. The van der Waals surface area contributed by atoms with E-state index in [-0.39, 0.29) is 11.7 Å². The fourth-order valence-corrected chi connectivity index (χ4v) is 2.10. The van der Waals surface area contributed by atoms with E-state index in [0.717, 1.165) is 10.5 Å². The second-order valence-corrected chi connectivity index (χ2v) is 4.26. The van der Waals surface area contributed by atoms with Gasteiger partial charge >= 0.3 is 5.97 Å². The third-order valence-electron chi connectivity index (χ3n) is 1.81. The number of esters is 1. The molecular formula is C10H12ClNO2S. The van der Waals surface area contributed by atoms with Gasteiger partial charge in [0.15, 0.2) is 0 Å². The topological polar surface area (TPSA) is 52.3 Å². The zero-order chi connectivity index (χ0) is 11.3. The van der Waals surface area contributed by atoms with Crippen LogP contribution in [-0.4, -0.2) is 18.8 Å². The minimum atomic E-state index is -0.265. The second-order valence-electron chi connectivity index (χ2n) is 2.83. The Hall–Kier alpha value is -0.710. The molecular weight excluding hydrogens is 234 g/mol. The number of nitrogens with two attached hydrogens (primary N) is 1. The molecule has 3 nitrogen and oxygen atoms in total. The SMILES string of the molecule is COC(=O)CSc1ccc(CN)cc1Cl. The van der Waals surface area contributed by atoms with Gasteiger partial charge in [0.1, 0.15) is 0 Å². The molecule has 0 heterocycles. The average Bonchev–Trinajstić information content (AvgIpc) is 2.26. The van der Waals surface area contributed by atoms with Crippen molar-refractivity contribution in [1.29, 1.82) is 0 Å². The molecule has 1 rings (SSSR count). The predicted octanol–water partition coefficient (Wildman–Crippen LogP) is 2.06. The quantitative estimate of drug-likeness (QED) is 0.652. The first-order chi connectivity index (χ1) is 7.17. The largest absolute Gasteiger partial charge is 0.468 e. The highest BCUT2D eigenvalue weighted by atomic mass is 35.5. The van der Waals surface area contributed by atoms with Gasteiger partial charge in [-0.25, -0.2) is 0 Å². The van der Waals surface area contributed by atoms with Gasteiger partial charge in [0.25, 0.3) is 0 Å². The van der Waals surface area contributed by atoms with Gasteiger partial charge in [-0.15, -0.1) is 11.8 Å². The third kappa shape index (κ3) is 3.74. The van der Waals surface area contributed by atoms with Gasteiger partial charge in [0.05, 0.1) is 17.9 Å². The second kappa shape index (κ2) is 6.00. The molecule has 5 heteroatoms. The molecule has 0 saturated carbocycles. The number of carbonyl (C=O) groups excluding carboxylic acids is 1. The van der Waals surface area contributed by atoms with Crippen LogP contribution in [-0.2, 0) is 16.1 Å². The lowest BCUT2D eigenvalue weighted by atomic mass is 10.2. The molecule has 0 radical (unpaired) electrons. The first-order valence-electron chi connectivity index (χ1n) is 4.35. The highest BCUT2D eigenvalue weighted by molar-refractivity contribution is 8.00. The molecule has 1 aromatic rings. The Morgan fingerprint density at radius 3 is 2.87 bits per heavy atom. The minimum absolute atomic E-state index is 0.262. The molecule has 0 amide bonds. The van der Waals surface area contributed by atoms with Gasteiger partial charge < -0.3 is 10.5 Å². The van der Waals surface area contributed by atoms with Crippen molar-refractivity contribution in [3.63, 3.8) is 0 Å². The van der Waals surface area contributed by atoms with Gasteiger partial charge in [-0.3, -0.25) is 4.79 Å². The molecule has 0 saturated heterocycles. The normalized spacial score (nSPS) is 10.1. The summed E-state index contributed by atoms with van der Waals surface area (Å²) in [7, 11) is 1.36. The number of methoxy groups -OCH3 is 1. The van der Waals surface area contributed by atoms with Crippen molar-refractivity contribution < 1.29 is 9.53 Å². The van der Waals surface area contributed by atoms with E-state index in [4.69, 9.17) is 17.3 Å². The van der Waals surface area contributed by atoms with Crippen LogP contribution in [0.1, 0.15) is 5.56 Å². The number of benzene rings is 1. The van der Waals surface area contributed by atoms with E-state index in [1.54, 1.807) is 6.07 Å². The lowest BCUT2D eigenvalue weighted by Crippen LogP contribution is -2.03. The molecule has 0 fully saturated rings. The van der Waals surface area contributed by atoms with Crippen LogP contribution < -0.4 is 5.73 Å². The summed E-state index contributed by atoms with van der Waals surface area (Å²) in [6.45, 7) is 0.460. The van der Waals surface area contributed by atoms with Crippen LogP contribution in [0.3, 0.4) is 0 Å². The van der Waals surface area contributed by atoms with Crippen LogP contribution in [0.25, 0.3) is 0 Å². The van der Waals surface area contributed by atoms with E-state index >= 15 is 0 Å². The number of ether oxygens (including phenoxy) is 1. The first-order valence-corrected chi connectivity index (χ1v) is 5.72. The van der Waals surface area contributed by atoms with Gasteiger partial charge in [0.2, 0.25) is 0 Å². The molecule has 0 atom stereocenters. The number of halogens is 1. The van der Waals surface area contributed by atoms with Crippen molar-refractivity contribution in [3.8, 4) is 0 Å². The number of hydrogen-bond acceptors (Lipinski definition) is 4. The summed E-state index contributed by atoms with van der Waals surface area (Å²) >= 11 is 7.36. The summed E-state index contributed by atoms with van der Waals surface area (Å²) < 4.78 is 4.53. The van der Waals surface area contributed by atoms with E-state index in [0.29, 0.717) is 11.6 Å². The Balaban J connectivity index is 2.66. The zero-order valence-corrected chi connectivity index (χ0v) is 9.90. The third-order valence-corrected chi connectivity index (χ3v) is 3.28. The maximum absolute atomic E-state index is 10.9. The van der Waals surface area contributed by atoms with Crippen LogP contribution in [0.4, 0.5) is 0 Å². The minimum Gasteiger partial charge on any atom is -0.468 e. The van der Waals surface area contributed by atoms with Crippen LogP contribution in [0.15, 0.2) is 23.1 Å². The standard InChI is InChI=1S/C10H12ClNO2S/c1-14-10(13)6-15-9-3-2-7(5-12)4-8(9)11/h2-4H,5-6,12H2,1H3. The van der Waals surface area contributed by atoms with Gasteiger partial charge in [-0.05, 0) is 17.7 Å². The Bertz CT molecular complexity index is 357. The van der Waals surface area contributed by atoms with Gasteiger partial charge in [-0.1, -0.05) is 17.7 Å². The Kier molecular flexibility index (Phi) is 4.94. The highest BCUT2D eigenvalue weighted by Gasteiger charge is 2.05.